The third kappa shape index (κ3) is 6.35. The number of rotatable bonds is 4. The molecule has 1 fully saturated rings. The van der Waals surface area contributed by atoms with Crippen LogP contribution in [0.1, 0.15) is 37.3 Å². The molecule has 2 amide bonds. The first-order chi connectivity index (χ1) is 11.3. The summed E-state index contributed by atoms with van der Waals surface area (Å²) in [7, 11) is 0. The lowest BCUT2D eigenvalue weighted by Crippen LogP contribution is -2.44. The molecule has 2 rings (SSSR count). The Morgan fingerprint density at radius 3 is 2.58 bits per heavy atom. The number of nitrogens with one attached hydrogen (secondary N) is 2. The molecule has 2 atom stereocenters. The summed E-state index contributed by atoms with van der Waals surface area (Å²) < 4.78 is 56.6. The number of urea groups is 1. The molecule has 0 unspecified atom stereocenters. The summed E-state index contributed by atoms with van der Waals surface area (Å²) in [6, 6.07) is 2.55. The van der Waals surface area contributed by atoms with Crippen LogP contribution >= 0.6 is 0 Å². The van der Waals surface area contributed by atoms with Crippen molar-refractivity contribution in [3.05, 3.63) is 35.6 Å². The highest BCUT2D eigenvalue weighted by molar-refractivity contribution is 5.74. The molecule has 1 heterocycles. The number of alkyl halides is 3. The maximum absolute atomic E-state index is 13.0. The number of carbonyl (C=O) groups is 1. The van der Waals surface area contributed by atoms with E-state index in [1.807, 2.05) is 0 Å². The zero-order valence-corrected chi connectivity index (χ0v) is 13.0. The smallest absolute Gasteiger partial charge is 0.381 e. The van der Waals surface area contributed by atoms with Gasteiger partial charge in [-0.15, -0.1) is 0 Å². The largest absolute Gasteiger partial charge is 0.391 e. The Hall–Kier alpha value is -1.83. The van der Waals surface area contributed by atoms with Crippen LogP contribution in [0, 0.1) is 5.82 Å². The van der Waals surface area contributed by atoms with Crippen molar-refractivity contribution < 1.29 is 27.1 Å². The lowest BCUT2D eigenvalue weighted by molar-refractivity contribution is -0.139. The van der Waals surface area contributed by atoms with Crippen LogP contribution in [0.4, 0.5) is 22.4 Å². The molecule has 4 nitrogen and oxygen atoms in total. The number of benzene rings is 1. The van der Waals surface area contributed by atoms with E-state index in [0.29, 0.717) is 26.1 Å². The topological polar surface area (TPSA) is 50.4 Å². The number of carbonyl (C=O) groups excluding carboxylic acids is 1. The lowest BCUT2D eigenvalue weighted by atomic mass is 10.0. The Balaban J connectivity index is 2.01. The molecule has 1 aromatic carbocycles. The highest BCUT2D eigenvalue weighted by Crippen LogP contribution is 2.29. The van der Waals surface area contributed by atoms with Gasteiger partial charge in [0.05, 0.1) is 12.5 Å². The molecule has 8 heteroatoms. The van der Waals surface area contributed by atoms with Crippen molar-refractivity contribution in [1.29, 1.82) is 0 Å². The minimum Gasteiger partial charge on any atom is -0.381 e. The van der Waals surface area contributed by atoms with Crippen LogP contribution in [0.5, 0.6) is 0 Å². The fraction of sp³-hybridized carbons (Fsp3) is 0.562. The minimum atomic E-state index is -4.46. The molecule has 0 bridgehead atoms. The minimum absolute atomic E-state index is 0.132. The molecule has 0 saturated carbocycles. The van der Waals surface area contributed by atoms with Crippen LogP contribution in [0.25, 0.3) is 0 Å². The molecule has 0 aromatic heterocycles. The Morgan fingerprint density at radius 2 is 1.92 bits per heavy atom. The molecular formula is C16H20F4N2O2. The van der Waals surface area contributed by atoms with E-state index in [-0.39, 0.29) is 11.6 Å². The first-order valence-electron chi connectivity index (χ1n) is 7.80. The maximum Gasteiger partial charge on any atom is 0.391 e. The Kier molecular flexibility index (Phi) is 6.42. The van der Waals surface area contributed by atoms with Gasteiger partial charge in [0.2, 0.25) is 0 Å². The summed E-state index contributed by atoms with van der Waals surface area (Å²) >= 11 is 0. The van der Waals surface area contributed by atoms with Crippen molar-refractivity contribution in [3.8, 4) is 0 Å². The predicted octanol–water partition coefficient (Wildman–Crippen LogP) is 3.69. The molecule has 0 spiro atoms. The van der Waals surface area contributed by atoms with Gasteiger partial charge >= 0.3 is 12.2 Å². The highest BCUT2D eigenvalue weighted by Gasteiger charge is 2.33. The Morgan fingerprint density at radius 1 is 1.21 bits per heavy atom. The second-order valence-electron chi connectivity index (χ2n) is 5.78. The molecule has 24 heavy (non-hydrogen) atoms. The van der Waals surface area contributed by atoms with Gasteiger partial charge in [-0.3, -0.25) is 0 Å². The number of hydrogen-bond acceptors (Lipinski definition) is 2. The standard InChI is InChI=1S/C16H20F4N2O2/c17-12-5-3-11(4-6-12)14(10-16(18,19)20)22-15(23)21-13-2-1-8-24-9-7-13/h3-6,13-14H,1-2,7-10H2,(H2,21,22,23)/t13-,14+/m0/s1. The average molecular weight is 348 g/mol. The molecule has 1 aliphatic rings. The summed E-state index contributed by atoms with van der Waals surface area (Å²) in [6.07, 6.45) is -3.56. The monoisotopic (exact) mass is 348 g/mol. The lowest BCUT2D eigenvalue weighted by Gasteiger charge is -2.23. The molecular weight excluding hydrogens is 328 g/mol. The van der Waals surface area contributed by atoms with Crippen LogP contribution in [0.3, 0.4) is 0 Å². The quantitative estimate of drug-likeness (QED) is 0.816. The molecule has 134 valence electrons. The molecule has 1 aliphatic heterocycles. The molecule has 2 N–H and O–H groups in total. The molecule has 1 aromatic rings. The maximum atomic E-state index is 13.0. The predicted molar refractivity (Wildman–Crippen MR) is 79.9 cm³/mol. The van der Waals surface area contributed by atoms with Crippen molar-refractivity contribution in [1.82, 2.24) is 10.6 Å². The summed E-state index contributed by atoms with van der Waals surface area (Å²) in [4.78, 5) is 12.1. The van der Waals surface area contributed by atoms with E-state index in [4.69, 9.17) is 4.74 Å². The number of amides is 2. The summed E-state index contributed by atoms with van der Waals surface area (Å²) in [5.41, 5.74) is 0.202. The van der Waals surface area contributed by atoms with Crippen LogP contribution in [-0.2, 0) is 4.74 Å². The van der Waals surface area contributed by atoms with Gasteiger partial charge in [-0.2, -0.15) is 13.2 Å². The van der Waals surface area contributed by atoms with Gasteiger partial charge in [0.15, 0.2) is 0 Å². The molecule has 1 saturated heterocycles. The van der Waals surface area contributed by atoms with E-state index in [1.54, 1.807) is 0 Å². The van der Waals surface area contributed by atoms with E-state index < -0.39 is 30.5 Å². The first kappa shape index (κ1) is 18.5. The molecule has 0 radical (unpaired) electrons. The Labute approximate surface area is 137 Å². The summed E-state index contributed by atoms with van der Waals surface area (Å²) in [5.74, 6) is -0.549. The van der Waals surface area contributed by atoms with E-state index in [2.05, 4.69) is 10.6 Å². The summed E-state index contributed by atoms with van der Waals surface area (Å²) in [6.45, 7) is 1.13. The van der Waals surface area contributed by atoms with Gasteiger partial charge in [-0.1, -0.05) is 12.1 Å². The van der Waals surface area contributed by atoms with Crippen molar-refractivity contribution in [3.63, 3.8) is 0 Å². The fourth-order valence-corrected chi connectivity index (χ4v) is 2.61. The van der Waals surface area contributed by atoms with Gasteiger partial charge in [-0.05, 0) is 37.0 Å². The third-order valence-corrected chi connectivity index (χ3v) is 3.80. The second-order valence-corrected chi connectivity index (χ2v) is 5.78. The Bertz CT molecular complexity index is 526. The highest BCUT2D eigenvalue weighted by atomic mass is 19.4. The van der Waals surface area contributed by atoms with E-state index in [0.717, 1.165) is 18.6 Å². The van der Waals surface area contributed by atoms with Crippen molar-refractivity contribution in [2.45, 2.75) is 43.9 Å². The normalized spacial score (nSPS) is 20.1. The van der Waals surface area contributed by atoms with E-state index in [9.17, 15) is 22.4 Å². The molecule has 0 aliphatic carbocycles. The van der Waals surface area contributed by atoms with Crippen LogP contribution in [-0.4, -0.2) is 31.5 Å². The zero-order chi connectivity index (χ0) is 17.6. The van der Waals surface area contributed by atoms with Gasteiger partial charge < -0.3 is 15.4 Å². The van der Waals surface area contributed by atoms with Crippen molar-refractivity contribution in [2.75, 3.05) is 13.2 Å². The van der Waals surface area contributed by atoms with Gasteiger partial charge in [0.1, 0.15) is 5.82 Å². The first-order valence-corrected chi connectivity index (χ1v) is 7.80. The van der Waals surface area contributed by atoms with Crippen molar-refractivity contribution >= 4 is 6.03 Å². The zero-order valence-electron chi connectivity index (χ0n) is 13.0. The van der Waals surface area contributed by atoms with E-state index >= 15 is 0 Å². The SMILES string of the molecule is O=C(N[C@H]1CCCOCC1)N[C@H](CC(F)(F)F)c1ccc(F)cc1. The third-order valence-electron chi connectivity index (χ3n) is 3.80. The van der Waals surface area contributed by atoms with Gasteiger partial charge in [0.25, 0.3) is 0 Å². The number of ether oxygens (including phenoxy) is 1. The van der Waals surface area contributed by atoms with Crippen LogP contribution in [0.15, 0.2) is 24.3 Å². The van der Waals surface area contributed by atoms with Gasteiger partial charge in [0, 0.05) is 19.3 Å². The number of halogens is 4. The summed E-state index contributed by atoms with van der Waals surface area (Å²) in [5, 5.41) is 5.03. The van der Waals surface area contributed by atoms with Crippen molar-refractivity contribution in [2.24, 2.45) is 0 Å². The van der Waals surface area contributed by atoms with Crippen LogP contribution < -0.4 is 10.6 Å². The van der Waals surface area contributed by atoms with Gasteiger partial charge in [-0.25, -0.2) is 9.18 Å². The number of hydrogen-bond donors (Lipinski definition) is 2. The average Bonchev–Trinajstić information content (AvgIpc) is 2.74. The second kappa shape index (κ2) is 8.32. The van der Waals surface area contributed by atoms with E-state index in [1.165, 1.54) is 12.1 Å². The fourth-order valence-electron chi connectivity index (χ4n) is 2.61. The van der Waals surface area contributed by atoms with Crippen LogP contribution in [0.2, 0.25) is 0 Å².